The molecule has 1 aliphatic rings. The molecule has 0 radical (unpaired) electrons. The van der Waals surface area contributed by atoms with E-state index in [-0.39, 0.29) is 16.3 Å². The van der Waals surface area contributed by atoms with Crippen LogP contribution in [-0.4, -0.2) is 46.6 Å². The van der Waals surface area contributed by atoms with Crippen molar-refractivity contribution in [3.05, 3.63) is 58.0 Å². The Bertz CT molecular complexity index is 1270. The Balaban J connectivity index is 1.70. The van der Waals surface area contributed by atoms with Gasteiger partial charge in [-0.15, -0.1) is 11.3 Å². The molecule has 0 fully saturated rings. The molecule has 4 rings (SSSR count). The van der Waals surface area contributed by atoms with Gasteiger partial charge in [-0.25, -0.2) is 17.9 Å². The monoisotopic (exact) mass is 474 g/mol. The van der Waals surface area contributed by atoms with Crippen LogP contribution in [0.25, 0.3) is 10.8 Å². The fraction of sp³-hybridized carbons (Fsp3) is 0.348. The van der Waals surface area contributed by atoms with Crippen LogP contribution in [0.3, 0.4) is 0 Å². The van der Waals surface area contributed by atoms with Crippen molar-refractivity contribution in [1.29, 1.82) is 0 Å². The minimum Gasteiger partial charge on any atom is -0.496 e. The van der Waals surface area contributed by atoms with Crippen molar-refractivity contribution in [2.45, 2.75) is 30.6 Å². The van der Waals surface area contributed by atoms with Gasteiger partial charge in [0, 0.05) is 36.6 Å². The quantitative estimate of drug-likeness (QED) is 0.527. The van der Waals surface area contributed by atoms with Crippen molar-refractivity contribution in [2.75, 3.05) is 27.3 Å². The third-order valence-electron chi connectivity index (χ3n) is 5.67. The molecule has 0 atom stereocenters. The van der Waals surface area contributed by atoms with E-state index in [0.717, 1.165) is 43.9 Å². The standard InChI is InChI=1S/C23H26N2O5S2/c1-4-24-32(27,28)23-21(22(26)30-3)17-11-12-25(14-20(17)31-23)13-18-16-8-6-5-7-15(16)9-10-19(18)29-2/h5-10,24H,4,11-14H2,1-3H3. The number of sulfonamides is 1. The molecule has 32 heavy (non-hydrogen) atoms. The first-order valence-corrected chi connectivity index (χ1v) is 12.7. The number of hydrogen-bond donors (Lipinski definition) is 1. The lowest BCUT2D eigenvalue weighted by Crippen LogP contribution is -2.30. The number of carbonyl (C=O) groups is 1. The Morgan fingerprint density at radius 1 is 1.19 bits per heavy atom. The average Bonchev–Trinajstić information content (AvgIpc) is 3.18. The Labute approximate surface area is 192 Å². The Kier molecular flexibility index (Phi) is 6.52. The summed E-state index contributed by atoms with van der Waals surface area (Å²) in [6, 6.07) is 12.2. The molecular formula is C23H26N2O5S2. The number of methoxy groups -OCH3 is 2. The minimum absolute atomic E-state index is 0.0424. The zero-order valence-corrected chi connectivity index (χ0v) is 19.9. The molecule has 1 aromatic heterocycles. The van der Waals surface area contributed by atoms with Gasteiger partial charge < -0.3 is 9.47 Å². The molecule has 0 saturated heterocycles. The van der Waals surface area contributed by atoms with Gasteiger partial charge in [0.25, 0.3) is 10.0 Å². The highest BCUT2D eigenvalue weighted by Crippen LogP contribution is 2.38. The fourth-order valence-corrected chi connectivity index (χ4v) is 7.22. The van der Waals surface area contributed by atoms with Crippen molar-refractivity contribution in [2.24, 2.45) is 0 Å². The van der Waals surface area contributed by atoms with Crippen molar-refractivity contribution >= 4 is 38.1 Å². The van der Waals surface area contributed by atoms with Gasteiger partial charge in [-0.2, -0.15) is 0 Å². The number of nitrogens with one attached hydrogen (secondary N) is 1. The lowest BCUT2D eigenvalue weighted by Gasteiger charge is -2.28. The predicted octanol–water partition coefficient (Wildman–Crippen LogP) is 3.55. The molecule has 0 saturated carbocycles. The average molecular weight is 475 g/mol. The highest BCUT2D eigenvalue weighted by molar-refractivity contribution is 7.91. The van der Waals surface area contributed by atoms with Gasteiger partial charge in [-0.3, -0.25) is 4.90 Å². The number of nitrogens with zero attached hydrogens (tertiary/aromatic N) is 1. The molecule has 0 unspecified atom stereocenters. The molecule has 2 heterocycles. The van der Waals surface area contributed by atoms with Crippen molar-refractivity contribution < 1.29 is 22.7 Å². The first-order chi connectivity index (χ1) is 15.4. The van der Waals surface area contributed by atoms with E-state index in [0.29, 0.717) is 26.1 Å². The summed E-state index contributed by atoms with van der Waals surface area (Å²) < 4.78 is 38.6. The van der Waals surface area contributed by atoms with Crippen LogP contribution in [0.5, 0.6) is 5.75 Å². The molecule has 0 bridgehead atoms. The Morgan fingerprint density at radius 2 is 1.97 bits per heavy atom. The van der Waals surface area contributed by atoms with E-state index < -0.39 is 16.0 Å². The van der Waals surface area contributed by atoms with E-state index in [9.17, 15) is 13.2 Å². The largest absolute Gasteiger partial charge is 0.496 e. The zero-order chi connectivity index (χ0) is 22.9. The molecule has 0 aliphatic carbocycles. The van der Waals surface area contributed by atoms with Crippen LogP contribution < -0.4 is 9.46 Å². The predicted molar refractivity (Wildman–Crippen MR) is 125 cm³/mol. The number of thiophene rings is 1. The Hall–Kier alpha value is -2.46. The van der Waals surface area contributed by atoms with Gasteiger partial charge >= 0.3 is 5.97 Å². The molecule has 2 aromatic carbocycles. The van der Waals surface area contributed by atoms with Crippen LogP contribution in [-0.2, 0) is 34.3 Å². The van der Waals surface area contributed by atoms with E-state index in [1.165, 1.54) is 7.11 Å². The highest BCUT2D eigenvalue weighted by atomic mass is 32.2. The molecule has 0 spiro atoms. The third-order valence-corrected chi connectivity index (χ3v) is 8.95. The lowest BCUT2D eigenvalue weighted by atomic mass is 10.00. The summed E-state index contributed by atoms with van der Waals surface area (Å²) in [4.78, 5) is 15.6. The van der Waals surface area contributed by atoms with Crippen LogP contribution in [0.2, 0.25) is 0 Å². The van der Waals surface area contributed by atoms with Crippen molar-refractivity contribution in [3.8, 4) is 5.75 Å². The number of hydrogen-bond acceptors (Lipinski definition) is 7. The van der Waals surface area contributed by atoms with E-state index in [1.807, 2.05) is 24.3 Å². The lowest BCUT2D eigenvalue weighted by molar-refractivity contribution is 0.0595. The van der Waals surface area contributed by atoms with E-state index >= 15 is 0 Å². The van der Waals surface area contributed by atoms with Crippen LogP contribution in [0.15, 0.2) is 40.6 Å². The second-order valence-corrected chi connectivity index (χ2v) is 10.7. The van der Waals surface area contributed by atoms with Crippen molar-refractivity contribution in [3.63, 3.8) is 0 Å². The molecule has 3 aromatic rings. The summed E-state index contributed by atoms with van der Waals surface area (Å²) in [6.07, 6.45) is 0.574. The summed E-state index contributed by atoms with van der Waals surface area (Å²) in [5.74, 6) is 0.217. The second-order valence-electron chi connectivity index (χ2n) is 7.59. The number of esters is 1. The molecule has 170 valence electrons. The topological polar surface area (TPSA) is 84.9 Å². The number of ether oxygens (including phenoxy) is 2. The summed E-state index contributed by atoms with van der Waals surface area (Å²) in [5, 5.41) is 2.28. The first-order valence-electron chi connectivity index (χ1n) is 10.4. The number of fused-ring (bicyclic) bond motifs is 2. The number of rotatable bonds is 7. The maximum absolute atomic E-state index is 12.8. The summed E-state index contributed by atoms with van der Waals surface area (Å²) in [6.45, 7) is 3.87. The molecular weight excluding hydrogens is 448 g/mol. The smallest absolute Gasteiger partial charge is 0.340 e. The normalized spacial score (nSPS) is 14.3. The summed E-state index contributed by atoms with van der Waals surface area (Å²) in [7, 11) is -0.833. The molecule has 1 N–H and O–H groups in total. The Morgan fingerprint density at radius 3 is 2.69 bits per heavy atom. The minimum atomic E-state index is -3.78. The molecule has 7 nitrogen and oxygen atoms in total. The number of benzene rings is 2. The van der Waals surface area contributed by atoms with Gasteiger partial charge in [-0.05, 0) is 28.8 Å². The third kappa shape index (κ3) is 4.13. The maximum Gasteiger partial charge on any atom is 0.340 e. The zero-order valence-electron chi connectivity index (χ0n) is 18.3. The van der Waals surface area contributed by atoms with Crippen LogP contribution in [0.1, 0.15) is 33.3 Å². The first kappa shape index (κ1) is 22.7. The van der Waals surface area contributed by atoms with Crippen LogP contribution >= 0.6 is 11.3 Å². The van der Waals surface area contributed by atoms with E-state index in [2.05, 4.69) is 21.8 Å². The fourth-order valence-electron chi connectivity index (χ4n) is 4.21. The number of carbonyl (C=O) groups excluding carboxylic acids is 1. The van der Waals surface area contributed by atoms with Crippen LogP contribution in [0.4, 0.5) is 0 Å². The van der Waals surface area contributed by atoms with Gasteiger partial charge in [0.1, 0.15) is 9.96 Å². The highest BCUT2D eigenvalue weighted by Gasteiger charge is 2.34. The van der Waals surface area contributed by atoms with Gasteiger partial charge in [0.2, 0.25) is 0 Å². The molecule has 0 amide bonds. The summed E-state index contributed by atoms with van der Waals surface area (Å²) in [5.41, 5.74) is 2.05. The SMILES string of the molecule is CCNS(=O)(=O)c1sc2c(c1C(=O)OC)CCN(Cc1c(OC)ccc3ccccc13)C2. The second kappa shape index (κ2) is 9.19. The van der Waals surface area contributed by atoms with E-state index in [1.54, 1.807) is 14.0 Å². The van der Waals surface area contributed by atoms with Gasteiger partial charge in [-0.1, -0.05) is 37.3 Å². The molecule has 1 aliphatic heterocycles. The van der Waals surface area contributed by atoms with Crippen molar-refractivity contribution in [1.82, 2.24) is 9.62 Å². The van der Waals surface area contributed by atoms with E-state index in [4.69, 9.17) is 9.47 Å². The van der Waals surface area contributed by atoms with Gasteiger partial charge in [0.05, 0.1) is 19.8 Å². The molecule has 9 heteroatoms. The van der Waals surface area contributed by atoms with Gasteiger partial charge in [0.15, 0.2) is 0 Å². The maximum atomic E-state index is 12.8. The van der Waals surface area contributed by atoms with Crippen LogP contribution in [0, 0.1) is 0 Å². The summed E-state index contributed by atoms with van der Waals surface area (Å²) >= 11 is 1.16.